The second-order valence-corrected chi connectivity index (χ2v) is 6.69. The topological polar surface area (TPSA) is 24.1 Å². The van der Waals surface area contributed by atoms with Crippen LogP contribution in [0.25, 0.3) is 11.1 Å². The molecule has 0 amide bonds. The molecular weight excluding hydrogens is 300 g/mol. The molecule has 0 saturated heterocycles. The number of rotatable bonds is 4. The molecule has 1 aliphatic rings. The van der Waals surface area contributed by atoms with Gasteiger partial charge in [-0.2, -0.15) is 0 Å². The number of anilines is 1. The van der Waals surface area contributed by atoms with E-state index in [9.17, 15) is 0 Å². The molecule has 2 aromatic carbocycles. The van der Waals surface area contributed by atoms with Gasteiger partial charge in [0.25, 0.3) is 0 Å². The molecule has 0 radical (unpaired) electrons. The van der Waals surface area contributed by atoms with Gasteiger partial charge in [-0.25, -0.2) is 0 Å². The van der Waals surface area contributed by atoms with Gasteiger partial charge >= 0.3 is 0 Å². The maximum Gasteiger partial charge on any atom is 0.170 e. The van der Waals surface area contributed by atoms with E-state index in [4.69, 9.17) is 12.2 Å². The Morgan fingerprint density at radius 3 is 2.22 bits per heavy atom. The van der Waals surface area contributed by atoms with Gasteiger partial charge in [-0.05, 0) is 54.2 Å². The van der Waals surface area contributed by atoms with E-state index in [0.29, 0.717) is 0 Å². The van der Waals surface area contributed by atoms with Crippen molar-refractivity contribution in [1.82, 2.24) is 5.32 Å². The maximum atomic E-state index is 5.41. The highest BCUT2D eigenvalue weighted by molar-refractivity contribution is 7.80. The Morgan fingerprint density at radius 1 is 0.870 bits per heavy atom. The largest absolute Gasteiger partial charge is 0.362 e. The van der Waals surface area contributed by atoms with Gasteiger partial charge in [-0.1, -0.05) is 61.7 Å². The van der Waals surface area contributed by atoms with Gasteiger partial charge in [0.2, 0.25) is 0 Å². The molecule has 0 spiro atoms. The summed E-state index contributed by atoms with van der Waals surface area (Å²) in [6, 6.07) is 18.8. The second-order valence-electron chi connectivity index (χ2n) is 6.28. The first-order valence-corrected chi connectivity index (χ1v) is 8.92. The molecule has 0 bridgehead atoms. The second kappa shape index (κ2) is 8.11. The minimum atomic E-state index is 0.725. The molecule has 2 aromatic rings. The molecule has 0 unspecified atom stereocenters. The van der Waals surface area contributed by atoms with Crippen LogP contribution in [0.5, 0.6) is 0 Å². The SMILES string of the molecule is S=C(NCC1CCCCC1)Nc1ccc(-c2ccccc2)cc1. The summed E-state index contributed by atoms with van der Waals surface area (Å²) >= 11 is 5.41. The normalized spacial score (nSPS) is 15.1. The summed E-state index contributed by atoms with van der Waals surface area (Å²) in [5.74, 6) is 0.781. The molecular formula is C20H24N2S. The molecule has 120 valence electrons. The van der Waals surface area contributed by atoms with Gasteiger partial charge < -0.3 is 10.6 Å². The van der Waals surface area contributed by atoms with Gasteiger partial charge in [0.1, 0.15) is 0 Å². The monoisotopic (exact) mass is 324 g/mol. The van der Waals surface area contributed by atoms with E-state index in [0.717, 1.165) is 23.3 Å². The van der Waals surface area contributed by atoms with Crippen molar-refractivity contribution in [2.75, 3.05) is 11.9 Å². The van der Waals surface area contributed by atoms with Crippen molar-refractivity contribution in [2.24, 2.45) is 5.92 Å². The fraction of sp³-hybridized carbons (Fsp3) is 0.350. The highest BCUT2D eigenvalue weighted by Gasteiger charge is 2.13. The fourth-order valence-corrected chi connectivity index (χ4v) is 3.38. The Kier molecular flexibility index (Phi) is 5.65. The number of hydrogen-bond donors (Lipinski definition) is 2. The lowest BCUT2D eigenvalue weighted by molar-refractivity contribution is 0.357. The van der Waals surface area contributed by atoms with E-state index in [1.54, 1.807) is 0 Å². The lowest BCUT2D eigenvalue weighted by Gasteiger charge is -2.22. The first-order valence-electron chi connectivity index (χ1n) is 8.51. The van der Waals surface area contributed by atoms with Crippen molar-refractivity contribution in [2.45, 2.75) is 32.1 Å². The van der Waals surface area contributed by atoms with Gasteiger partial charge in [-0.15, -0.1) is 0 Å². The van der Waals surface area contributed by atoms with Crippen LogP contribution in [0.2, 0.25) is 0 Å². The number of nitrogens with one attached hydrogen (secondary N) is 2. The smallest absolute Gasteiger partial charge is 0.170 e. The summed E-state index contributed by atoms with van der Waals surface area (Å²) in [5, 5.41) is 7.37. The third-order valence-corrected chi connectivity index (χ3v) is 4.77. The lowest BCUT2D eigenvalue weighted by atomic mass is 9.89. The van der Waals surface area contributed by atoms with Crippen molar-refractivity contribution < 1.29 is 0 Å². The van der Waals surface area contributed by atoms with Crippen LogP contribution >= 0.6 is 12.2 Å². The van der Waals surface area contributed by atoms with Crippen LogP contribution in [-0.2, 0) is 0 Å². The van der Waals surface area contributed by atoms with Gasteiger partial charge in [0.05, 0.1) is 0 Å². The van der Waals surface area contributed by atoms with Gasteiger partial charge in [-0.3, -0.25) is 0 Å². The molecule has 3 heteroatoms. The molecule has 0 heterocycles. The Labute approximate surface area is 144 Å². The van der Waals surface area contributed by atoms with Crippen molar-refractivity contribution in [1.29, 1.82) is 0 Å². The van der Waals surface area contributed by atoms with Gasteiger partial charge in [0.15, 0.2) is 5.11 Å². The predicted octanol–water partition coefficient (Wildman–Crippen LogP) is 5.22. The minimum absolute atomic E-state index is 0.725. The fourth-order valence-electron chi connectivity index (χ4n) is 3.18. The van der Waals surface area contributed by atoms with E-state index >= 15 is 0 Å². The van der Waals surface area contributed by atoms with E-state index in [-0.39, 0.29) is 0 Å². The molecule has 2 nitrogen and oxygen atoms in total. The zero-order valence-corrected chi connectivity index (χ0v) is 14.2. The summed E-state index contributed by atoms with van der Waals surface area (Å²) < 4.78 is 0. The molecule has 2 N–H and O–H groups in total. The highest BCUT2D eigenvalue weighted by atomic mass is 32.1. The number of thiocarbonyl (C=S) groups is 1. The molecule has 1 aliphatic carbocycles. The van der Waals surface area contributed by atoms with E-state index in [1.165, 1.54) is 43.2 Å². The summed E-state index contributed by atoms with van der Waals surface area (Å²) in [6.45, 7) is 0.994. The highest BCUT2D eigenvalue weighted by Crippen LogP contribution is 2.23. The van der Waals surface area contributed by atoms with Gasteiger partial charge in [0, 0.05) is 12.2 Å². The minimum Gasteiger partial charge on any atom is -0.362 e. The van der Waals surface area contributed by atoms with Crippen molar-refractivity contribution in [3.63, 3.8) is 0 Å². The zero-order chi connectivity index (χ0) is 15.9. The maximum absolute atomic E-state index is 5.41. The summed E-state index contributed by atoms with van der Waals surface area (Å²) in [5.41, 5.74) is 3.49. The van der Waals surface area contributed by atoms with E-state index in [2.05, 4.69) is 59.2 Å². The standard InChI is InChI=1S/C20H24N2S/c23-20(21-15-16-7-3-1-4-8-16)22-19-13-11-18(12-14-19)17-9-5-2-6-10-17/h2,5-6,9-14,16H,1,3-4,7-8,15H2,(H2,21,22,23). The first kappa shape index (κ1) is 16.0. The first-order chi connectivity index (χ1) is 11.3. The lowest BCUT2D eigenvalue weighted by Crippen LogP contribution is -2.33. The van der Waals surface area contributed by atoms with Crippen LogP contribution in [0.4, 0.5) is 5.69 Å². The molecule has 1 saturated carbocycles. The van der Waals surface area contributed by atoms with Crippen LogP contribution in [0.3, 0.4) is 0 Å². The average Bonchev–Trinajstić information content (AvgIpc) is 2.62. The van der Waals surface area contributed by atoms with Crippen molar-refractivity contribution in [3.8, 4) is 11.1 Å². The molecule has 23 heavy (non-hydrogen) atoms. The Bertz CT molecular complexity index is 616. The van der Waals surface area contributed by atoms with Crippen LogP contribution in [0, 0.1) is 5.92 Å². The Hall–Kier alpha value is -1.87. The molecule has 0 aliphatic heterocycles. The van der Waals surface area contributed by atoms with Crippen LogP contribution in [0.15, 0.2) is 54.6 Å². The summed E-state index contributed by atoms with van der Waals surface area (Å²) in [6.07, 6.45) is 6.80. The predicted molar refractivity (Wildman–Crippen MR) is 103 cm³/mol. The quantitative estimate of drug-likeness (QED) is 0.754. The van der Waals surface area contributed by atoms with E-state index < -0.39 is 0 Å². The Morgan fingerprint density at radius 2 is 1.52 bits per heavy atom. The molecule has 1 fully saturated rings. The van der Waals surface area contributed by atoms with Crippen molar-refractivity contribution >= 4 is 23.0 Å². The Balaban J connectivity index is 1.50. The average molecular weight is 324 g/mol. The number of hydrogen-bond acceptors (Lipinski definition) is 1. The van der Waals surface area contributed by atoms with E-state index in [1.807, 2.05) is 6.07 Å². The summed E-state index contributed by atoms with van der Waals surface area (Å²) in [4.78, 5) is 0. The third kappa shape index (κ3) is 4.80. The third-order valence-electron chi connectivity index (χ3n) is 4.53. The van der Waals surface area contributed by atoms with Crippen LogP contribution in [0.1, 0.15) is 32.1 Å². The van der Waals surface area contributed by atoms with Crippen LogP contribution in [-0.4, -0.2) is 11.7 Å². The van der Waals surface area contributed by atoms with Crippen LogP contribution < -0.4 is 10.6 Å². The molecule has 0 aromatic heterocycles. The molecule has 0 atom stereocenters. The van der Waals surface area contributed by atoms with Crippen molar-refractivity contribution in [3.05, 3.63) is 54.6 Å². The summed E-state index contributed by atoms with van der Waals surface area (Å²) in [7, 11) is 0. The number of benzene rings is 2. The zero-order valence-electron chi connectivity index (χ0n) is 13.4. The molecule has 3 rings (SSSR count).